The number of unbranched alkanes of at least 4 members (excludes halogenated alkanes) is 26. The van der Waals surface area contributed by atoms with E-state index in [4.69, 9.17) is 18.5 Å². The van der Waals surface area contributed by atoms with E-state index in [9.17, 15) is 44.6 Å². The van der Waals surface area contributed by atoms with Crippen LogP contribution in [0, 0.1) is 0 Å². The van der Waals surface area contributed by atoms with Crippen LogP contribution in [-0.4, -0.2) is 98.3 Å². The van der Waals surface area contributed by atoms with Crippen LogP contribution in [0.3, 0.4) is 0 Å². The molecule has 1 saturated carbocycles. The number of ether oxygens (including phenoxy) is 2. The molecule has 0 spiro atoms. The highest BCUT2D eigenvalue weighted by Gasteiger charge is 2.51. The number of hydrogen-bond donors (Lipinski definition) is 6. The van der Waals surface area contributed by atoms with Crippen LogP contribution < -0.4 is 0 Å². The smallest absolute Gasteiger partial charge is 0.462 e. The standard InChI is InChI=1S/C49H91O13P/c1-3-5-7-9-11-13-15-17-19-20-21-22-24-26-28-30-32-34-36-38-43(51)61-41(40-60-63(57,58)62-49-47(55)45(53)44(52)46(54)48(49)56)39-59-42(50)37-35-33-31-29-27-25-23-18-16-14-12-10-8-6-4-2/h17,19,25,27,41,44-49,52-56H,3-16,18,20-24,26,28-40H2,1-2H3,(H,57,58)/b19-17+,27-25+/t41-,44?,45-,46?,47?,48?,49?/m1/s1. The van der Waals surface area contributed by atoms with Gasteiger partial charge in [0.2, 0.25) is 0 Å². The highest BCUT2D eigenvalue weighted by atomic mass is 31.2. The van der Waals surface area contributed by atoms with E-state index in [1.165, 1.54) is 122 Å². The third kappa shape index (κ3) is 31.8. The number of carbonyl (C=O) groups excluding carboxylic acids is 2. The van der Waals surface area contributed by atoms with E-state index in [1.54, 1.807) is 0 Å². The van der Waals surface area contributed by atoms with Crippen LogP contribution >= 0.6 is 7.82 Å². The molecule has 1 aliphatic carbocycles. The number of aliphatic hydroxyl groups excluding tert-OH is 5. The highest BCUT2D eigenvalue weighted by molar-refractivity contribution is 7.47. The first-order valence-electron chi connectivity index (χ1n) is 25.1. The number of esters is 2. The molecule has 370 valence electrons. The van der Waals surface area contributed by atoms with Crippen LogP contribution in [0.25, 0.3) is 0 Å². The molecule has 0 aliphatic heterocycles. The van der Waals surface area contributed by atoms with Gasteiger partial charge >= 0.3 is 19.8 Å². The molecule has 0 bridgehead atoms. The first-order chi connectivity index (χ1) is 30.4. The number of phosphoric ester groups is 1. The van der Waals surface area contributed by atoms with Gasteiger partial charge in [-0.2, -0.15) is 0 Å². The quantitative estimate of drug-likeness (QED) is 0.0146. The topological polar surface area (TPSA) is 210 Å². The summed E-state index contributed by atoms with van der Waals surface area (Å²) in [5, 5.41) is 50.2. The van der Waals surface area contributed by atoms with Crippen molar-refractivity contribution in [3.05, 3.63) is 24.3 Å². The van der Waals surface area contributed by atoms with Crippen molar-refractivity contribution in [2.75, 3.05) is 13.2 Å². The fourth-order valence-electron chi connectivity index (χ4n) is 7.69. The fourth-order valence-corrected chi connectivity index (χ4v) is 8.66. The van der Waals surface area contributed by atoms with Gasteiger partial charge in [0.15, 0.2) is 6.10 Å². The molecule has 6 N–H and O–H groups in total. The van der Waals surface area contributed by atoms with Gasteiger partial charge in [0.1, 0.15) is 43.2 Å². The molecule has 1 rings (SSSR count). The van der Waals surface area contributed by atoms with Gasteiger partial charge in [0, 0.05) is 12.8 Å². The van der Waals surface area contributed by atoms with Crippen LogP contribution in [-0.2, 0) is 32.7 Å². The lowest BCUT2D eigenvalue weighted by Gasteiger charge is -2.41. The Kier molecular flexibility index (Phi) is 37.2. The van der Waals surface area contributed by atoms with Gasteiger partial charge in [-0.15, -0.1) is 0 Å². The van der Waals surface area contributed by atoms with Crippen LogP contribution in [0.1, 0.15) is 219 Å². The Morgan fingerprint density at radius 2 is 0.810 bits per heavy atom. The van der Waals surface area contributed by atoms with Crippen molar-refractivity contribution in [3.8, 4) is 0 Å². The molecule has 13 nitrogen and oxygen atoms in total. The van der Waals surface area contributed by atoms with Crippen molar-refractivity contribution in [3.63, 3.8) is 0 Å². The zero-order valence-electron chi connectivity index (χ0n) is 39.4. The summed E-state index contributed by atoms with van der Waals surface area (Å²) in [6.07, 6.45) is 30.8. The molecule has 0 aromatic carbocycles. The lowest BCUT2D eigenvalue weighted by atomic mass is 9.85. The third-order valence-corrected chi connectivity index (χ3v) is 12.8. The summed E-state index contributed by atoms with van der Waals surface area (Å²) in [6, 6.07) is 0. The van der Waals surface area contributed by atoms with Crippen molar-refractivity contribution in [1.29, 1.82) is 0 Å². The van der Waals surface area contributed by atoms with E-state index in [2.05, 4.69) is 38.2 Å². The van der Waals surface area contributed by atoms with Crippen molar-refractivity contribution in [1.82, 2.24) is 0 Å². The number of carbonyl (C=O) groups is 2. The van der Waals surface area contributed by atoms with Gasteiger partial charge in [0.05, 0.1) is 6.61 Å². The lowest BCUT2D eigenvalue weighted by molar-refractivity contribution is -0.220. The molecule has 63 heavy (non-hydrogen) atoms. The van der Waals surface area contributed by atoms with Crippen LogP contribution in [0.5, 0.6) is 0 Å². The van der Waals surface area contributed by atoms with Crippen LogP contribution in [0.15, 0.2) is 24.3 Å². The Morgan fingerprint density at radius 1 is 0.476 bits per heavy atom. The number of hydrogen-bond acceptors (Lipinski definition) is 12. The summed E-state index contributed by atoms with van der Waals surface area (Å²) < 4.78 is 33.6. The molecular formula is C49H91O13P. The molecule has 6 unspecified atom stereocenters. The second-order valence-electron chi connectivity index (χ2n) is 17.7. The monoisotopic (exact) mass is 919 g/mol. The average molecular weight is 919 g/mol. The molecule has 0 heterocycles. The summed E-state index contributed by atoms with van der Waals surface area (Å²) in [5.74, 6) is -1.11. The molecule has 14 heteroatoms. The number of aliphatic hydroxyl groups is 5. The van der Waals surface area contributed by atoms with Gasteiger partial charge < -0.3 is 39.9 Å². The molecular weight excluding hydrogens is 828 g/mol. The third-order valence-electron chi connectivity index (χ3n) is 11.8. The Labute approximate surface area is 381 Å². The highest BCUT2D eigenvalue weighted by Crippen LogP contribution is 2.47. The maximum Gasteiger partial charge on any atom is 0.472 e. The zero-order chi connectivity index (χ0) is 46.4. The maximum atomic E-state index is 12.8. The molecule has 0 radical (unpaired) electrons. The van der Waals surface area contributed by atoms with E-state index in [-0.39, 0.29) is 12.8 Å². The SMILES string of the molecule is CCCCCCCC/C=C/CCCCCCCCCCCC(=O)O[C@H](COC(=O)CCCCC/C=C/CCCCCCCCCC)COP(=O)(O)OC1C(O)C(O)C(O)[C@@H](O)C1O. The van der Waals surface area contributed by atoms with Crippen LogP contribution in [0.4, 0.5) is 0 Å². The predicted molar refractivity (Wildman–Crippen MR) is 249 cm³/mol. The minimum Gasteiger partial charge on any atom is -0.462 e. The minimum atomic E-state index is -5.12. The number of phosphoric acid groups is 1. The molecule has 8 atom stereocenters. The first-order valence-corrected chi connectivity index (χ1v) is 26.6. The number of allylic oxidation sites excluding steroid dienone is 4. The second-order valence-corrected chi connectivity index (χ2v) is 19.1. The molecule has 1 fully saturated rings. The summed E-state index contributed by atoms with van der Waals surface area (Å²) in [4.78, 5) is 35.8. The summed E-state index contributed by atoms with van der Waals surface area (Å²) in [6.45, 7) is 3.30. The summed E-state index contributed by atoms with van der Waals surface area (Å²) >= 11 is 0. The van der Waals surface area contributed by atoms with Gasteiger partial charge in [-0.3, -0.25) is 18.6 Å². The van der Waals surface area contributed by atoms with E-state index in [1.807, 2.05) is 0 Å². The van der Waals surface area contributed by atoms with Crippen molar-refractivity contribution >= 4 is 19.8 Å². The maximum absolute atomic E-state index is 12.8. The van der Waals surface area contributed by atoms with Gasteiger partial charge in [-0.1, -0.05) is 167 Å². The van der Waals surface area contributed by atoms with Gasteiger partial charge in [-0.25, -0.2) is 4.57 Å². The van der Waals surface area contributed by atoms with E-state index in [0.29, 0.717) is 12.8 Å². The van der Waals surface area contributed by atoms with Gasteiger partial charge in [-0.05, 0) is 64.2 Å². The average Bonchev–Trinajstić information content (AvgIpc) is 3.26. The van der Waals surface area contributed by atoms with E-state index < -0.39 is 75.7 Å². The largest absolute Gasteiger partial charge is 0.472 e. The Hall–Kier alpha value is -1.67. The van der Waals surface area contributed by atoms with Crippen molar-refractivity contribution < 1.29 is 63.1 Å². The molecule has 1 aliphatic rings. The van der Waals surface area contributed by atoms with Crippen molar-refractivity contribution in [2.45, 2.75) is 262 Å². The van der Waals surface area contributed by atoms with E-state index >= 15 is 0 Å². The van der Waals surface area contributed by atoms with Crippen molar-refractivity contribution in [2.24, 2.45) is 0 Å². The fraction of sp³-hybridized carbons (Fsp3) is 0.878. The molecule has 0 aromatic heterocycles. The summed E-state index contributed by atoms with van der Waals surface area (Å²) in [7, 11) is -5.12. The molecule has 0 amide bonds. The molecule has 0 aromatic rings. The Bertz CT molecular complexity index is 1200. The lowest BCUT2D eigenvalue weighted by Crippen LogP contribution is -2.64. The Balaban J connectivity index is 2.42. The normalized spacial score (nSPS) is 21.8. The number of rotatable bonds is 42. The summed E-state index contributed by atoms with van der Waals surface area (Å²) in [5.41, 5.74) is 0. The first kappa shape index (κ1) is 59.3. The Morgan fingerprint density at radius 3 is 1.22 bits per heavy atom. The predicted octanol–water partition coefficient (Wildman–Crippen LogP) is 10.4. The molecule has 0 saturated heterocycles. The van der Waals surface area contributed by atoms with Crippen LogP contribution in [0.2, 0.25) is 0 Å². The minimum absolute atomic E-state index is 0.0935. The zero-order valence-corrected chi connectivity index (χ0v) is 40.3. The van der Waals surface area contributed by atoms with Gasteiger partial charge in [0.25, 0.3) is 0 Å². The van der Waals surface area contributed by atoms with E-state index in [0.717, 1.165) is 57.8 Å². The second kappa shape index (κ2) is 39.5.